The maximum Gasteiger partial charge on any atom is 0.455 e. The number of aryl methyl sites for hydroxylation is 2. The van der Waals surface area contributed by atoms with Crippen molar-refractivity contribution in [2.24, 2.45) is 23.7 Å². The molecule has 0 radical (unpaired) electrons. The van der Waals surface area contributed by atoms with Crippen molar-refractivity contribution in [2.45, 2.75) is 78.7 Å². The van der Waals surface area contributed by atoms with Gasteiger partial charge in [0, 0.05) is 0 Å². The fraction of sp³-hybridized carbons (Fsp3) is 0.471. The number of alkyl halides is 6. The van der Waals surface area contributed by atoms with Crippen molar-refractivity contribution in [3.05, 3.63) is 74.9 Å². The number of carbonyl (C=O) groups is 2. The van der Waals surface area contributed by atoms with Crippen LogP contribution in [0.25, 0.3) is 6.08 Å². The number of fused-ring (bicyclic) bond motifs is 3. The summed E-state index contributed by atoms with van der Waals surface area (Å²) in [6.45, 7) is 9.36. The summed E-state index contributed by atoms with van der Waals surface area (Å²) in [5.74, 6) is -4.42. The zero-order valence-corrected chi connectivity index (χ0v) is 26.6. The van der Waals surface area contributed by atoms with E-state index in [1.807, 2.05) is 39.0 Å². The monoisotopic (exact) mass is 663 g/mol. The molecule has 0 aromatic heterocycles. The fourth-order valence-electron chi connectivity index (χ4n) is 7.36. The maximum atomic E-state index is 13.9. The number of rotatable bonds is 6. The molecule has 2 fully saturated rings. The number of hydrogen-bond acceptors (Lipinski definition) is 5. The van der Waals surface area contributed by atoms with Gasteiger partial charge in [-0.3, -0.25) is 9.59 Å². The van der Waals surface area contributed by atoms with Crippen molar-refractivity contribution >= 4 is 30.7 Å². The zero-order valence-electron chi connectivity index (χ0n) is 26.6. The van der Waals surface area contributed by atoms with E-state index in [2.05, 4.69) is 0 Å². The summed E-state index contributed by atoms with van der Waals surface area (Å²) in [5, 5.41) is 20.9. The lowest BCUT2D eigenvalue weighted by atomic mass is 9.57. The lowest BCUT2D eigenvalue weighted by Crippen LogP contribution is -2.46. The summed E-state index contributed by atoms with van der Waals surface area (Å²) in [5.41, 5.74) is 0.925. The van der Waals surface area contributed by atoms with Crippen LogP contribution in [0.3, 0.4) is 0 Å². The molecule has 0 spiro atoms. The Morgan fingerprint density at radius 3 is 2.09 bits per heavy atom. The molecular weight excluding hydrogens is 627 g/mol. The number of benzene rings is 2. The van der Waals surface area contributed by atoms with Crippen LogP contribution < -0.4 is 4.90 Å². The second kappa shape index (κ2) is 12.5. The number of amides is 2. The van der Waals surface area contributed by atoms with E-state index < -0.39 is 72.0 Å². The van der Waals surface area contributed by atoms with E-state index in [4.69, 9.17) is 4.65 Å². The van der Waals surface area contributed by atoms with Crippen LogP contribution in [-0.2, 0) is 26.6 Å². The van der Waals surface area contributed by atoms with Crippen LogP contribution in [0.1, 0.15) is 67.9 Å². The molecule has 252 valence electrons. The molecule has 2 N–H and O–H groups in total. The minimum absolute atomic E-state index is 0.0437. The summed E-state index contributed by atoms with van der Waals surface area (Å²) in [6.07, 6.45) is -7.96. The molecule has 2 saturated heterocycles. The first-order chi connectivity index (χ1) is 21.8. The molecule has 13 heteroatoms. The Labute approximate surface area is 269 Å². The van der Waals surface area contributed by atoms with Gasteiger partial charge in [0.25, 0.3) is 0 Å². The highest BCUT2D eigenvalue weighted by Gasteiger charge is 2.58. The van der Waals surface area contributed by atoms with Crippen molar-refractivity contribution in [2.75, 3.05) is 4.90 Å². The highest BCUT2D eigenvalue weighted by Crippen LogP contribution is 2.53. The summed E-state index contributed by atoms with van der Waals surface area (Å²) < 4.78 is 87.9. The summed E-state index contributed by atoms with van der Waals surface area (Å²) in [7, 11) is -1.30. The first kappa shape index (κ1) is 34.8. The standard InChI is InChI=1S/C34H36BF6NO5/c1-16(2)24-14-25-29(32(45)42(31(25)44)23-12-21(33(36,37)38)11-22(13-23)34(39,40)41)26-15-35(46)47-27(28(24)26)7-6-17(3)8-20-9-18(4)30(43)19(5)10-20/h8-13,16,25-27,29,43,46H,6-7,14-15H2,1-5H3/b17-8+/t25-,26+,27-,29-/m1/s1. The number of hydrogen-bond donors (Lipinski definition) is 2. The van der Waals surface area contributed by atoms with Crippen molar-refractivity contribution < 1.29 is 50.7 Å². The number of halogens is 6. The van der Waals surface area contributed by atoms with E-state index >= 15 is 0 Å². The van der Waals surface area contributed by atoms with Crippen molar-refractivity contribution in [1.29, 1.82) is 0 Å². The van der Waals surface area contributed by atoms with Gasteiger partial charge in [0.1, 0.15) is 5.75 Å². The molecule has 2 heterocycles. The average Bonchev–Trinajstić information content (AvgIpc) is 3.22. The van der Waals surface area contributed by atoms with Crippen LogP contribution in [0.4, 0.5) is 32.0 Å². The molecule has 4 atom stereocenters. The molecule has 2 aromatic carbocycles. The number of phenolic OH excluding ortho intramolecular Hbond substituents is 1. The maximum absolute atomic E-state index is 13.9. The molecule has 0 unspecified atom stereocenters. The van der Waals surface area contributed by atoms with Gasteiger partial charge in [-0.1, -0.05) is 31.1 Å². The van der Waals surface area contributed by atoms with Crippen LogP contribution in [-0.4, -0.2) is 35.2 Å². The van der Waals surface area contributed by atoms with Crippen molar-refractivity contribution in [3.63, 3.8) is 0 Å². The predicted molar refractivity (Wildman–Crippen MR) is 164 cm³/mol. The Morgan fingerprint density at radius 1 is 0.979 bits per heavy atom. The van der Waals surface area contributed by atoms with Gasteiger partial charge in [-0.05, 0) is 111 Å². The van der Waals surface area contributed by atoms with Crippen molar-refractivity contribution in [3.8, 4) is 5.75 Å². The van der Waals surface area contributed by atoms with E-state index in [1.54, 1.807) is 13.8 Å². The van der Waals surface area contributed by atoms with E-state index in [9.17, 15) is 46.1 Å². The predicted octanol–water partition coefficient (Wildman–Crippen LogP) is 7.89. The van der Waals surface area contributed by atoms with Gasteiger partial charge < -0.3 is 14.8 Å². The number of allylic oxidation sites excluding steroid dienone is 2. The lowest BCUT2D eigenvalue weighted by Gasteiger charge is -2.44. The molecule has 47 heavy (non-hydrogen) atoms. The van der Waals surface area contributed by atoms with Crippen LogP contribution in [0, 0.1) is 37.5 Å². The molecule has 5 rings (SSSR count). The van der Waals surface area contributed by atoms with E-state index in [1.165, 1.54) is 0 Å². The van der Waals surface area contributed by atoms with Crippen LogP contribution in [0.2, 0.25) is 6.32 Å². The Bertz CT molecular complexity index is 1610. The third-order valence-corrected chi connectivity index (χ3v) is 9.50. The molecule has 6 nitrogen and oxygen atoms in total. The van der Waals surface area contributed by atoms with Gasteiger partial charge in [0.05, 0.1) is 34.8 Å². The summed E-state index contributed by atoms with van der Waals surface area (Å²) >= 11 is 0. The Morgan fingerprint density at radius 2 is 1.55 bits per heavy atom. The van der Waals surface area contributed by atoms with Crippen molar-refractivity contribution in [1.82, 2.24) is 0 Å². The number of carbonyl (C=O) groups excluding carboxylic acids is 2. The van der Waals surface area contributed by atoms with Gasteiger partial charge in [-0.2, -0.15) is 26.3 Å². The number of anilines is 1. The molecule has 3 aliphatic rings. The molecule has 1 aliphatic carbocycles. The zero-order chi connectivity index (χ0) is 34.7. The Hall–Kier alpha value is -3.58. The molecule has 2 aromatic rings. The number of phenols is 1. The molecule has 2 amide bonds. The number of nitrogens with zero attached hydrogens (tertiary/aromatic N) is 1. The van der Waals surface area contributed by atoms with Gasteiger partial charge >= 0.3 is 19.5 Å². The second-order valence-electron chi connectivity index (χ2n) is 13.2. The largest absolute Gasteiger partial charge is 0.507 e. The lowest BCUT2D eigenvalue weighted by molar-refractivity contribution is -0.143. The normalized spacial score (nSPS) is 24.0. The second-order valence-corrected chi connectivity index (χ2v) is 13.2. The summed E-state index contributed by atoms with van der Waals surface area (Å²) in [6, 6.07) is 4.47. The Kier molecular flexibility index (Phi) is 9.22. The van der Waals surface area contributed by atoms with Gasteiger partial charge in [-0.25, -0.2) is 4.90 Å². The van der Waals surface area contributed by atoms with Gasteiger partial charge in [-0.15, -0.1) is 0 Å². The van der Waals surface area contributed by atoms with E-state index in [0.717, 1.165) is 33.4 Å². The first-order valence-electron chi connectivity index (χ1n) is 15.5. The SMILES string of the molecule is C/C(=C\c1cc(C)c(O)c(C)c1)CC[C@H]1OB(O)C[C@H]2C1=C(C(C)C)C[C@H]1C(=O)N(c3cc(C(F)(F)F)cc(C(F)(F)F)c3)C(=O)[C@H]12. The highest BCUT2D eigenvalue weighted by atomic mass is 19.4. The number of imide groups is 1. The summed E-state index contributed by atoms with van der Waals surface area (Å²) in [4.78, 5) is 28.1. The minimum Gasteiger partial charge on any atom is -0.507 e. The van der Waals surface area contributed by atoms with Gasteiger partial charge in [0.15, 0.2) is 0 Å². The van der Waals surface area contributed by atoms with E-state index in [0.29, 0.717) is 29.9 Å². The molecular formula is C34H36BF6NO5. The number of aromatic hydroxyl groups is 1. The molecule has 0 saturated carbocycles. The average molecular weight is 663 g/mol. The van der Waals surface area contributed by atoms with E-state index in [-0.39, 0.29) is 30.5 Å². The quantitative estimate of drug-likeness (QED) is 0.142. The van der Waals surface area contributed by atoms with Crippen LogP contribution in [0.5, 0.6) is 5.75 Å². The smallest absolute Gasteiger partial charge is 0.455 e. The van der Waals surface area contributed by atoms with Crippen LogP contribution in [0.15, 0.2) is 47.1 Å². The highest BCUT2D eigenvalue weighted by molar-refractivity contribution is 6.43. The molecule has 0 bridgehead atoms. The molecule has 2 aliphatic heterocycles. The minimum atomic E-state index is -5.15. The van der Waals surface area contributed by atoms with Gasteiger partial charge in [0.2, 0.25) is 11.8 Å². The van der Waals surface area contributed by atoms with Crippen LogP contribution >= 0.6 is 0 Å². The third-order valence-electron chi connectivity index (χ3n) is 9.50. The topological polar surface area (TPSA) is 87.1 Å². The fourth-order valence-corrected chi connectivity index (χ4v) is 7.36. The first-order valence-corrected chi connectivity index (χ1v) is 15.5. The Balaban J connectivity index is 1.48. The third kappa shape index (κ3) is 6.74.